The average Bonchev–Trinajstić information content (AvgIpc) is 2.68. The number of para-hydroxylation sites is 2. The lowest BCUT2D eigenvalue weighted by molar-refractivity contribution is -0.116. The van der Waals surface area contributed by atoms with Crippen LogP contribution in [0.25, 0.3) is 0 Å². The van der Waals surface area contributed by atoms with Crippen molar-refractivity contribution in [2.45, 2.75) is 19.4 Å². The number of nitrogens with one attached hydrogen (secondary N) is 1. The number of rotatable bonds is 2. The molecule has 0 saturated carbocycles. The van der Waals surface area contributed by atoms with Crippen molar-refractivity contribution in [3.8, 4) is 5.75 Å². The molecule has 1 aliphatic heterocycles. The molecule has 1 heterocycles. The molecule has 1 unspecified atom stereocenters. The first-order valence-corrected chi connectivity index (χ1v) is 7.46. The lowest BCUT2D eigenvalue weighted by atomic mass is 10.1. The van der Waals surface area contributed by atoms with Gasteiger partial charge in [0.25, 0.3) is 5.91 Å². The summed E-state index contributed by atoms with van der Waals surface area (Å²) in [7, 11) is 1.58. The van der Waals surface area contributed by atoms with E-state index in [0.717, 1.165) is 0 Å². The molecule has 0 bridgehead atoms. The number of ether oxygens (including phenoxy) is 1. The van der Waals surface area contributed by atoms with Gasteiger partial charge in [0.05, 0.1) is 18.5 Å². The quantitative estimate of drug-likeness (QED) is 0.927. The molecular weight excluding hydrogens is 292 g/mol. The minimum atomic E-state index is -0.228. The number of nitrogens with zero attached hydrogens (tertiary/aromatic N) is 1. The van der Waals surface area contributed by atoms with Gasteiger partial charge in [0, 0.05) is 18.0 Å². The van der Waals surface area contributed by atoms with Crippen LogP contribution in [0.2, 0.25) is 0 Å². The van der Waals surface area contributed by atoms with Gasteiger partial charge in [-0.05, 0) is 43.3 Å². The number of fused-ring (bicyclic) bond motifs is 1. The Morgan fingerprint density at radius 2 is 1.87 bits per heavy atom. The summed E-state index contributed by atoms with van der Waals surface area (Å²) in [6.45, 7) is 1.88. The Hall–Kier alpha value is -2.82. The van der Waals surface area contributed by atoms with E-state index in [1.54, 1.807) is 42.3 Å². The normalized spacial score (nSPS) is 17.0. The molecule has 2 amide bonds. The molecular formula is C18H18N2O3. The molecule has 2 aromatic carbocycles. The molecule has 0 spiro atoms. The van der Waals surface area contributed by atoms with Crippen molar-refractivity contribution in [3.63, 3.8) is 0 Å². The van der Waals surface area contributed by atoms with Crippen molar-refractivity contribution >= 4 is 23.2 Å². The van der Waals surface area contributed by atoms with E-state index in [1.165, 1.54) is 0 Å². The van der Waals surface area contributed by atoms with Crippen LogP contribution in [0.1, 0.15) is 23.7 Å². The third kappa shape index (κ3) is 2.90. The van der Waals surface area contributed by atoms with Gasteiger partial charge in [-0.25, -0.2) is 0 Å². The highest BCUT2D eigenvalue weighted by Gasteiger charge is 2.30. The summed E-state index contributed by atoms with van der Waals surface area (Å²) in [6.07, 6.45) is 0.260. The van der Waals surface area contributed by atoms with Crippen molar-refractivity contribution < 1.29 is 14.3 Å². The Kier molecular flexibility index (Phi) is 4.02. The maximum atomic E-state index is 13.0. The molecule has 0 aliphatic carbocycles. The number of hydrogen-bond acceptors (Lipinski definition) is 3. The monoisotopic (exact) mass is 310 g/mol. The molecule has 2 aromatic rings. The maximum absolute atomic E-state index is 13.0. The van der Waals surface area contributed by atoms with Gasteiger partial charge in [-0.2, -0.15) is 0 Å². The Morgan fingerprint density at radius 1 is 1.17 bits per heavy atom. The molecule has 0 aromatic heterocycles. The minimum absolute atomic E-state index is 0.0880. The number of methoxy groups -OCH3 is 1. The van der Waals surface area contributed by atoms with Gasteiger partial charge < -0.3 is 15.0 Å². The van der Waals surface area contributed by atoms with Crippen molar-refractivity contribution in [3.05, 3.63) is 54.1 Å². The SMILES string of the molecule is COc1ccc(C(=O)N2c3ccccc3NC(=O)CC2C)cc1. The number of hydrogen-bond donors (Lipinski definition) is 1. The topological polar surface area (TPSA) is 58.6 Å². The van der Waals surface area contributed by atoms with Gasteiger partial charge in [-0.3, -0.25) is 9.59 Å². The van der Waals surface area contributed by atoms with Crippen molar-refractivity contribution in [2.24, 2.45) is 0 Å². The molecule has 1 atom stereocenters. The first-order valence-electron chi connectivity index (χ1n) is 7.46. The second-order valence-corrected chi connectivity index (χ2v) is 5.52. The predicted molar refractivity (Wildman–Crippen MR) is 89.0 cm³/mol. The van der Waals surface area contributed by atoms with Gasteiger partial charge in [0.1, 0.15) is 5.75 Å². The van der Waals surface area contributed by atoms with E-state index in [0.29, 0.717) is 22.7 Å². The van der Waals surface area contributed by atoms with E-state index < -0.39 is 0 Å². The summed E-state index contributed by atoms with van der Waals surface area (Å²) in [4.78, 5) is 26.6. The lowest BCUT2D eigenvalue weighted by Gasteiger charge is -2.28. The largest absolute Gasteiger partial charge is 0.497 e. The number of benzene rings is 2. The standard InChI is InChI=1S/C18H18N2O3/c1-12-11-17(21)19-15-5-3-4-6-16(15)20(12)18(22)13-7-9-14(23-2)10-8-13/h3-10,12H,11H2,1-2H3,(H,19,21). The van der Waals surface area contributed by atoms with E-state index in [2.05, 4.69) is 5.32 Å². The van der Waals surface area contributed by atoms with Crippen LogP contribution in [0.3, 0.4) is 0 Å². The van der Waals surface area contributed by atoms with Gasteiger partial charge in [0.2, 0.25) is 5.91 Å². The van der Waals surface area contributed by atoms with E-state index in [-0.39, 0.29) is 24.3 Å². The van der Waals surface area contributed by atoms with Crippen LogP contribution in [0.15, 0.2) is 48.5 Å². The first kappa shape index (κ1) is 15.1. The molecule has 118 valence electrons. The Bertz CT molecular complexity index is 740. The number of carbonyl (C=O) groups is 2. The highest BCUT2D eigenvalue weighted by Crippen LogP contribution is 2.32. The van der Waals surface area contributed by atoms with E-state index in [4.69, 9.17) is 4.74 Å². The van der Waals surface area contributed by atoms with E-state index in [1.807, 2.05) is 25.1 Å². The zero-order valence-electron chi connectivity index (χ0n) is 13.1. The minimum Gasteiger partial charge on any atom is -0.497 e. The number of amides is 2. The molecule has 3 rings (SSSR count). The maximum Gasteiger partial charge on any atom is 0.258 e. The summed E-state index contributed by atoms with van der Waals surface area (Å²) in [5.74, 6) is 0.474. The molecule has 5 heteroatoms. The third-order valence-electron chi connectivity index (χ3n) is 3.92. The highest BCUT2D eigenvalue weighted by molar-refractivity contribution is 6.11. The first-order chi connectivity index (χ1) is 11.1. The second kappa shape index (κ2) is 6.12. The Balaban J connectivity index is 2.01. The molecule has 5 nitrogen and oxygen atoms in total. The fourth-order valence-corrected chi connectivity index (χ4v) is 2.77. The van der Waals surface area contributed by atoms with Crippen LogP contribution in [0.5, 0.6) is 5.75 Å². The smallest absolute Gasteiger partial charge is 0.258 e. The molecule has 0 radical (unpaired) electrons. The summed E-state index contributed by atoms with van der Waals surface area (Å²) in [6, 6.07) is 14.1. The molecule has 1 N–H and O–H groups in total. The fraction of sp³-hybridized carbons (Fsp3) is 0.222. The fourth-order valence-electron chi connectivity index (χ4n) is 2.77. The Morgan fingerprint density at radius 3 is 2.57 bits per heavy atom. The van der Waals surface area contributed by atoms with Crippen molar-refractivity contribution in [1.82, 2.24) is 0 Å². The van der Waals surface area contributed by atoms with Crippen LogP contribution in [-0.2, 0) is 4.79 Å². The summed E-state index contributed by atoms with van der Waals surface area (Å²) in [5, 5.41) is 2.85. The zero-order chi connectivity index (χ0) is 16.4. The molecule has 0 saturated heterocycles. The molecule has 23 heavy (non-hydrogen) atoms. The van der Waals surface area contributed by atoms with Crippen molar-refractivity contribution in [1.29, 1.82) is 0 Å². The molecule has 1 aliphatic rings. The summed E-state index contributed by atoms with van der Waals surface area (Å²) < 4.78 is 5.13. The Labute approximate surface area is 134 Å². The third-order valence-corrected chi connectivity index (χ3v) is 3.92. The highest BCUT2D eigenvalue weighted by atomic mass is 16.5. The van der Waals surface area contributed by atoms with Crippen LogP contribution < -0.4 is 15.0 Å². The van der Waals surface area contributed by atoms with E-state index in [9.17, 15) is 9.59 Å². The van der Waals surface area contributed by atoms with Gasteiger partial charge in [-0.15, -0.1) is 0 Å². The van der Waals surface area contributed by atoms with Crippen LogP contribution in [0, 0.1) is 0 Å². The lowest BCUT2D eigenvalue weighted by Crippen LogP contribution is -2.39. The summed E-state index contributed by atoms with van der Waals surface area (Å²) in [5.41, 5.74) is 1.93. The van der Waals surface area contributed by atoms with Gasteiger partial charge in [-0.1, -0.05) is 12.1 Å². The predicted octanol–water partition coefficient (Wildman–Crippen LogP) is 3.07. The number of carbonyl (C=O) groups excluding carboxylic acids is 2. The summed E-state index contributed by atoms with van der Waals surface area (Å²) >= 11 is 0. The average molecular weight is 310 g/mol. The van der Waals surface area contributed by atoms with Crippen LogP contribution in [-0.4, -0.2) is 25.0 Å². The number of anilines is 2. The van der Waals surface area contributed by atoms with E-state index >= 15 is 0 Å². The van der Waals surface area contributed by atoms with Crippen molar-refractivity contribution in [2.75, 3.05) is 17.3 Å². The van der Waals surface area contributed by atoms with Gasteiger partial charge >= 0.3 is 0 Å². The second-order valence-electron chi connectivity index (χ2n) is 5.52. The molecule has 0 fully saturated rings. The van der Waals surface area contributed by atoms with Crippen LogP contribution in [0.4, 0.5) is 11.4 Å². The van der Waals surface area contributed by atoms with Gasteiger partial charge in [0.15, 0.2) is 0 Å². The van der Waals surface area contributed by atoms with Crippen LogP contribution >= 0.6 is 0 Å². The zero-order valence-corrected chi connectivity index (χ0v) is 13.1.